The van der Waals surface area contributed by atoms with Crippen molar-refractivity contribution in [1.82, 2.24) is 29.9 Å². The first-order valence-electron chi connectivity index (χ1n) is 10.6. The molecule has 1 N–H and O–H groups in total. The van der Waals surface area contributed by atoms with Gasteiger partial charge in [0.15, 0.2) is 5.82 Å². The lowest BCUT2D eigenvalue weighted by Crippen LogP contribution is -2.70. The lowest BCUT2D eigenvalue weighted by Gasteiger charge is -2.61. The average Bonchev–Trinajstić information content (AvgIpc) is 3.39. The largest absolute Gasteiger partial charge is 0.420 e. The molecule has 2 aliphatic rings. The van der Waals surface area contributed by atoms with Crippen molar-refractivity contribution in [2.75, 3.05) is 12.4 Å². The van der Waals surface area contributed by atoms with Crippen molar-refractivity contribution in [3.63, 3.8) is 0 Å². The Bertz CT molecular complexity index is 1210. The zero-order chi connectivity index (χ0) is 23.3. The summed E-state index contributed by atoms with van der Waals surface area (Å²) in [6.07, 6.45) is 3.79. The minimum absolute atomic E-state index is 0.0283. The van der Waals surface area contributed by atoms with Crippen molar-refractivity contribution in [2.45, 2.75) is 44.4 Å². The fourth-order valence-electron chi connectivity index (χ4n) is 5.04. The van der Waals surface area contributed by atoms with Crippen LogP contribution in [0.25, 0.3) is 11.4 Å². The molecule has 2 amide bonds. The van der Waals surface area contributed by atoms with Crippen LogP contribution in [-0.4, -0.2) is 49.0 Å². The fourth-order valence-corrected chi connectivity index (χ4v) is 5.24. The van der Waals surface area contributed by atoms with E-state index in [1.807, 2.05) is 0 Å². The van der Waals surface area contributed by atoms with E-state index in [4.69, 9.17) is 20.8 Å². The van der Waals surface area contributed by atoms with Gasteiger partial charge in [-0.15, -0.1) is 10.2 Å². The van der Waals surface area contributed by atoms with Crippen LogP contribution in [0.15, 0.2) is 22.9 Å². The van der Waals surface area contributed by atoms with Crippen LogP contribution in [0.2, 0.25) is 5.02 Å². The zero-order valence-corrected chi connectivity index (χ0v) is 19.1. The number of piperidine rings is 1. The molecular formula is C21H23ClFN7O3. The van der Waals surface area contributed by atoms with Gasteiger partial charge in [-0.2, -0.15) is 5.10 Å². The Hall–Kier alpha value is -3.05. The lowest BCUT2D eigenvalue weighted by molar-refractivity contribution is -0.110. The highest BCUT2D eigenvalue weighted by molar-refractivity contribution is 6.33. The normalized spacial score (nSPS) is 24.0. The molecule has 33 heavy (non-hydrogen) atoms. The molecule has 3 aromatic rings. The molecule has 3 heterocycles. The molecule has 174 valence electrons. The molecule has 3 atom stereocenters. The van der Waals surface area contributed by atoms with E-state index in [0.29, 0.717) is 29.7 Å². The van der Waals surface area contributed by atoms with Crippen LogP contribution < -0.4 is 5.32 Å². The number of ether oxygens (including phenoxy) is 1. The number of aryl methyl sites for hydroxylation is 1. The number of likely N-dealkylation sites (tertiary alicyclic amines) is 1. The molecule has 1 saturated heterocycles. The van der Waals surface area contributed by atoms with Gasteiger partial charge in [0, 0.05) is 37.9 Å². The number of anilines is 1. The molecular weight excluding hydrogens is 453 g/mol. The monoisotopic (exact) mass is 475 g/mol. The molecule has 1 saturated carbocycles. The van der Waals surface area contributed by atoms with E-state index >= 15 is 0 Å². The first-order valence-corrected chi connectivity index (χ1v) is 11.0. The molecule has 2 aromatic heterocycles. The average molecular weight is 476 g/mol. The van der Waals surface area contributed by atoms with E-state index in [1.54, 1.807) is 25.1 Å². The molecule has 1 aliphatic heterocycles. The van der Waals surface area contributed by atoms with Crippen LogP contribution in [0.5, 0.6) is 0 Å². The third-order valence-electron chi connectivity index (χ3n) is 6.23. The summed E-state index contributed by atoms with van der Waals surface area (Å²) in [5.41, 5.74) is -0.147. The van der Waals surface area contributed by atoms with Crippen LogP contribution in [0.3, 0.4) is 0 Å². The number of fused-ring (bicyclic) bond motifs is 2. The van der Waals surface area contributed by atoms with Crippen LogP contribution in [0.4, 0.5) is 14.9 Å². The molecule has 2 bridgehead atoms. The van der Waals surface area contributed by atoms with Gasteiger partial charge >= 0.3 is 6.03 Å². The Kier molecular flexibility index (Phi) is 5.32. The fraction of sp³-hybridized carbons (Fsp3) is 0.476. The highest BCUT2D eigenvalue weighted by Crippen LogP contribution is 2.55. The van der Waals surface area contributed by atoms with Gasteiger partial charge in [-0.25, -0.2) is 14.2 Å². The van der Waals surface area contributed by atoms with E-state index in [-0.39, 0.29) is 35.2 Å². The number of carbonyl (C=O) groups excluding carboxylic acids is 1. The Morgan fingerprint density at radius 3 is 2.94 bits per heavy atom. The quantitative estimate of drug-likeness (QED) is 0.598. The molecule has 5 rings (SSSR count). The first-order chi connectivity index (χ1) is 15.8. The van der Waals surface area contributed by atoms with Gasteiger partial charge in [-0.05, 0) is 30.9 Å². The summed E-state index contributed by atoms with van der Waals surface area (Å²) < 4.78 is 27.0. The van der Waals surface area contributed by atoms with Crippen molar-refractivity contribution in [3.05, 3.63) is 41.1 Å². The summed E-state index contributed by atoms with van der Waals surface area (Å²) in [7, 11) is 3.25. The molecule has 0 spiro atoms. The number of nitrogens with one attached hydrogen (secondary N) is 1. The molecule has 0 radical (unpaired) electrons. The lowest BCUT2D eigenvalue weighted by atomic mass is 9.64. The smallest absolute Gasteiger partial charge is 0.323 e. The van der Waals surface area contributed by atoms with Gasteiger partial charge in [0.05, 0.1) is 5.02 Å². The maximum atomic E-state index is 14.6. The van der Waals surface area contributed by atoms with Crippen LogP contribution >= 0.6 is 11.6 Å². The number of aromatic nitrogens is 5. The van der Waals surface area contributed by atoms with Crippen LogP contribution in [0, 0.1) is 11.7 Å². The van der Waals surface area contributed by atoms with Gasteiger partial charge in [0.25, 0.3) is 0 Å². The van der Waals surface area contributed by atoms with Gasteiger partial charge in [0.2, 0.25) is 11.8 Å². The molecule has 10 nitrogen and oxygen atoms in total. The predicted octanol–water partition coefficient (Wildman–Crippen LogP) is 3.74. The minimum Gasteiger partial charge on any atom is -0.420 e. The number of hydrogen-bond acceptors (Lipinski definition) is 7. The summed E-state index contributed by atoms with van der Waals surface area (Å²) in [6, 6.07) is 2.40. The molecule has 1 aromatic carbocycles. The van der Waals surface area contributed by atoms with E-state index in [2.05, 4.69) is 32.5 Å². The molecule has 2 fully saturated rings. The summed E-state index contributed by atoms with van der Waals surface area (Å²) >= 11 is 6.15. The third kappa shape index (κ3) is 3.65. The number of nitrogens with zero attached hydrogens (tertiary/aromatic N) is 6. The van der Waals surface area contributed by atoms with E-state index in [1.165, 1.54) is 17.1 Å². The SMILES string of the molecule is COCc1nnc([C@]23C[C@@H](C)C[C@H](C2)N3C(=O)Nc2cc(F)c(Cl)c(-c3ncn(C)n3)c2)o1. The summed E-state index contributed by atoms with van der Waals surface area (Å²) in [4.78, 5) is 19.3. The van der Waals surface area contributed by atoms with E-state index in [0.717, 1.165) is 12.8 Å². The second-order valence-electron chi connectivity index (χ2n) is 8.73. The highest BCUT2D eigenvalue weighted by atomic mass is 35.5. The number of halogens is 2. The molecule has 12 heteroatoms. The van der Waals surface area contributed by atoms with E-state index < -0.39 is 11.4 Å². The number of benzene rings is 1. The zero-order valence-electron chi connectivity index (χ0n) is 18.4. The second-order valence-corrected chi connectivity index (χ2v) is 9.11. The predicted molar refractivity (Wildman–Crippen MR) is 116 cm³/mol. The van der Waals surface area contributed by atoms with Crippen LogP contribution in [0.1, 0.15) is 38.0 Å². The van der Waals surface area contributed by atoms with E-state index in [9.17, 15) is 9.18 Å². The van der Waals surface area contributed by atoms with Crippen molar-refractivity contribution in [3.8, 4) is 11.4 Å². The molecule has 1 aliphatic carbocycles. The van der Waals surface area contributed by atoms with Crippen LogP contribution in [-0.2, 0) is 23.9 Å². The van der Waals surface area contributed by atoms with Crippen molar-refractivity contribution in [1.29, 1.82) is 0 Å². The first kappa shape index (κ1) is 21.8. The number of amides is 2. The third-order valence-corrected chi connectivity index (χ3v) is 6.62. The van der Waals surface area contributed by atoms with Crippen molar-refractivity contribution >= 4 is 23.3 Å². The number of urea groups is 1. The highest BCUT2D eigenvalue weighted by Gasteiger charge is 2.62. The second kappa shape index (κ2) is 8.07. The molecule has 0 unspecified atom stereocenters. The van der Waals surface area contributed by atoms with Gasteiger partial charge in [-0.3, -0.25) is 4.68 Å². The van der Waals surface area contributed by atoms with Gasteiger partial charge in [-0.1, -0.05) is 18.5 Å². The Morgan fingerprint density at radius 2 is 2.21 bits per heavy atom. The van der Waals surface area contributed by atoms with Crippen molar-refractivity contribution < 1.29 is 18.3 Å². The Balaban J connectivity index is 1.44. The number of rotatable bonds is 5. The standard InChI is InChI=1S/C21H23ClFN7O3/c1-11-4-13-8-21(7-11,19-27-26-16(33-19)9-32-3)30(13)20(31)25-12-5-14(17(22)15(23)6-12)18-24-10-29(2)28-18/h5-6,10-11,13H,4,7-9H2,1-3H3,(H,25,31)/t11-,13+,21-/m0/s1. The van der Waals surface area contributed by atoms with Gasteiger partial charge in [0.1, 0.15) is 24.3 Å². The Labute approximate surface area is 194 Å². The Morgan fingerprint density at radius 1 is 1.39 bits per heavy atom. The summed E-state index contributed by atoms with van der Waals surface area (Å²) in [5.74, 6) is 0.732. The topological polar surface area (TPSA) is 111 Å². The minimum atomic E-state index is -0.693. The number of carbonyl (C=O) groups is 1. The number of methoxy groups -OCH3 is 1. The maximum Gasteiger partial charge on any atom is 0.323 e. The van der Waals surface area contributed by atoms with Crippen molar-refractivity contribution in [2.24, 2.45) is 13.0 Å². The maximum absolute atomic E-state index is 14.6. The number of hydrogen-bond donors (Lipinski definition) is 1. The summed E-state index contributed by atoms with van der Waals surface area (Å²) in [6.45, 7) is 2.34. The van der Waals surface area contributed by atoms with Gasteiger partial charge < -0.3 is 19.4 Å². The summed E-state index contributed by atoms with van der Waals surface area (Å²) in [5, 5.41) is 15.1.